The predicted octanol–water partition coefficient (Wildman–Crippen LogP) is 3.68. The van der Waals surface area contributed by atoms with Gasteiger partial charge in [-0.05, 0) is 54.4 Å². The summed E-state index contributed by atoms with van der Waals surface area (Å²) in [5.74, 6) is 0. The summed E-state index contributed by atoms with van der Waals surface area (Å²) in [6, 6.07) is 4.52. The second kappa shape index (κ2) is 4.69. The average molecular weight is 289 g/mol. The van der Waals surface area contributed by atoms with Gasteiger partial charge in [0.05, 0.1) is 11.9 Å². The number of nitrogens with zero attached hydrogens (tertiary/aromatic N) is 2. The van der Waals surface area contributed by atoms with Crippen LogP contribution in [0.2, 0.25) is 0 Å². The van der Waals surface area contributed by atoms with Crippen LogP contribution in [0.1, 0.15) is 40.0 Å². The zero-order valence-corrected chi connectivity index (χ0v) is 13.3. The van der Waals surface area contributed by atoms with Gasteiger partial charge < -0.3 is 10.2 Å². The lowest BCUT2D eigenvalue weighted by atomic mass is 9.65. The van der Waals surface area contributed by atoms with Crippen molar-refractivity contribution in [3.8, 4) is 0 Å². The van der Waals surface area contributed by atoms with Crippen LogP contribution in [0.15, 0.2) is 24.5 Å². The molecule has 1 aliphatic carbocycles. The SMILES string of the molecule is CC1(C)CC2CC(C)(CN2C(=S)Nc2cccnc2)C1. The second-order valence-electron chi connectivity index (χ2n) is 7.51. The van der Waals surface area contributed by atoms with Crippen molar-refractivity contribution in [1.82, 2.24) is 9.88 Å². The van der Waals surface area contributed by atoms with Gasteiger partial charge in [0, 0.05) is 18.8 Å². The van der Waals surface area contributed by atoms with Gasteiger partial charge >= 0.3 is 0 Å². The third-order valence-corrected chi connectivity index (χ3v) is 4.93. The summed E-state index contributed by atoms with van der Waals surface area (Å²) in [7, 11) is 0. The maximum atomic E-state index is 5.63. The topological polar surface area (TPSA) is 28.2 Å². The molecular weight excluding hydrogens is 266 g/mol. The van der Waals surface area contributed by atoms with E-state index in [1.165, 1.54) is 19.3 Å². The lowest BCUT2D eigenvalue weighted by Crippen LogP contribution is -2.39. The first-order valence-corrected chi connectivity index (χ1v) is 7.76. The van der Waals surface area contributed by atoms with E-state index in [-0.39, 0.29) is 0 Å². The summed E-state index contributed by atoms with van der Waals surface area (Å²) < 4.78 is 0. The molecule has 1 aromatic rings. The van der Waals surface area contributed by atoms with E-state index in [9.17, 15) is 0 Å². The molecule has 0 radical (unpaired) electrons. The number of thiocarbonyl (C=S) groups is 1. The molecule has 0 spiro atoms. The zero-order valence-electron chi connectivity index (χ0n) is 12.5. The molecule has 3 rings (SSSR count). The Morgan fingerprint density at radius 3 is 2.90 bits per heavy atom. The molecule has 1 aromatic heterocycles. The number of hydrogen-bond acceptors (Lipinski definition) is 2. The number of nitrogens with one attached hydrogen (secondary N) is 1. The van der Waals surface area contributed by atoms with Gasteiger partial charge in [-0.3, -0.25) is 4.98 Å². The van der Waals surface area contributed by atoms with Gasteiger partial charge in [0.2, 0.25) is 0 Å². The van der Waals surface area contributed by atoms with Crippen molar-refractivity contribution >= 4 is 23.0 Å². The maximum Gasteiger partial charge on any atom is 0.173 e. The summed E-state index contributed by atoms with van der Waals surface area (Å²) in [5, 5.41) is 4.19. The number of pyridine rings is 1. The molecule has 2 bridgehead atoms. The second-order valence-corrected chi connectivity index (χ2v) is 7.90. The molecule has 2 heterocycles. The minimum Gasteiger partial charge on any atom is -0.345 e. The van der Waals surface area contributed by atoms with Crippen LogP contribution in [0.4, 0.5) is 5.69 Å². The van der Waals surface area contributed by atoms with E-state index in [1.54, 1.807) is 6.20 Å². The van der Waals surface area contributed by atoms with Gasteiger partial charge in [0.1, 0.15) is 0 Å². The third-order valence-electron chi connectivity index (χ3n) is 4.59. The maximum absolute atomic E-state index is 5.63. The molecule has 0 aromatic carbocycles. The Morgan fingerprint density at radius 2 is 2.20 bits per heavy atom. The predicted molar refractivity (Wildman–Crippen MR) is 86.7 cm³/mol. The van der Waals surface area contributed by atoms with Crippen LogP contribution in [-0.4, -0.2) is 27.6 Å². The standard InChI is InChI=1S/C16H23N3S/c1-15(2)7-13-8-16(3,10-15)11-19(13)14(20)18-12-5-4-6-17-9-12/h4-6,9,13H,7-8,10-11H2,1-3H3,(H,18,20). The lowest BCUT2D eigenvalue weighted by molar-refractivity contribution is 0.132. The summed E-state index contributed by atoms with van der Waals surface area (Å²) in [6.07, 6.45) is 7.39. The van der Waals surface area contributed by atoms with Crippen molar-refractivity contribution in [2.75, 3.05) is 11.9 Å². The van der Waals surface area contributed by atoms with E-state index < -0.39 is 0 Å². The van der Waals surface area contributed by atoms with E-state index >= 15 is 0 Å². The Labute approximate surface area is 126 Å². The molecular formula is C16H23N3S. The molecule has 0 amide bonds. The highest BCUT2D eigenvalue weighted by atomic mass is 32.1. The molecule has 1 saturated heterocycles. The van der Waals surface area contributed by atoms with Gasteiger partial charge in [-0.2, -0.15) is 0 Å². The average Bonchev–Trinajstić information content (AvgIpc) is 2.60. The number of likely N-dealkylation sites (tertiary alicyclic amines) is 1. The summed E-state index contributed by atoms with van der Waals surface area (Å²) in [6.45, 7) is 8.26. The zero-order chi connectivity index (χ0) is 14.4. The smallest absolute Gasteiger partial charge is 0.173 e. The Balaban J connectivity index is 1.74. The van der Waals surface area contributed by atoms with Gasteiger partial charge in [-0.25, -0.2) is 0 Å². The molecule has 20 heavy (non-hydrogen) atoms. The minimum atomic E-state index is 0.410. The molecule has 1 saturated carbocycles. The molecule has 2 unspecified atom stereocenters. The lowest BCUT2D eigenvalue weighted by Gasteiger charge is -2.39. The van der Waals surface area contributed by atoms with Crippen LogP contribution in [0, 0.1) is 10.8 Å². The van der Waals surface area contributed by atoms with Crippen molar-refractivity contribution in [2.45, 2.75) is 46.1 Å². The molecule has 3 nitrogen and oxygen atoms in total. The first-order chi connectivity index (χ1) is 9.37. The number of fused-ring (bicyclic) bond motifs is 2. The Morgan fingerprint density at radius 1 is 1.40 bits per heavy atom. The summed E-state index contributed by atoms with van der Waals surface area (Å²) in [5.41, 5.74) is 1.81. The van der Waals surface area contributed by atoms with Crippen molar-refractivity contribution in [3.63, 3.8) is 0 Å². The number of aromatic nitrogens is 1. The van der Waals surface area contributed by atoms with Crippen LogP contribution >= 0.6 is 12.2 Å². The van der Waals surface area contributed by atoms with Crippen LogP contribution < -0.4 is 5.32 Å². The van der Waals surface area contributed by atoms with E-state index in [4.69, 9.17) is 12.2 Å². The molecule has 2 fully saturated rings. The van der Waals surface area contributed by atoms with Crippen LogP contribution in [-0.2, 0) is 0 Å². The van der Waals surface area contributed by atoms with Crippen molar-refractivity contribution in [1.29, 1.82) is 0 Å². The van der Waals surface area contributed by atoms with E-state index in [1.807, 2.05) is 18.3 Å². The first-order valence-electron chi connectivity index (χ1n) is 7.35. The van der Waals surface area contributed by atoms with Gasteiger partial charge in [0.15, 0.2) is 5.11 Å². The quantitative estimate of drug-likeness (QED) is 0.798. The third kappa shape index (κ3) is 2.66. The molecule has 4 heteroatoms. The summed E-state index contributed by atoms with van der Waals surface area (Å²) >= 11 is 5.63. The molecule has 2 aliphatic rings. The van der Waals surface area contributed by atoms with Gasteiger partial charge in [0.25, 0.3) is 0 Å². The van der Waals surface area contributed by atoms with Crippen LogP contribution in [0.25, 0.3) is 0 Å². The number of anilines is 1. The molecule has 108 valence electrons. The molecule has 2 atom stereocenters. The van der Waals surface area contributed by atoms with E-state index in [0.29, 0.717) is 16.9 Å². The highest BCUT2D eigenvalue weighted by Gasteiger charge is 2.50. The van der Waals surface area contributed by atoms with Crippen LogP contribution in [0.5, 0.6) is 0 Å². The van der Waals surface area contributed by atoms with Crippen molar-refractivity contribution in [2.24, 2.45) is 10.8 Å². The monoisotopic (exact) mass is 289 g/mol. The highest BCUT2D eigenvalue weighted by molar-refractivity contribution is 7.80. The largest absolute Gasteiger partial charge is 0.345 e. The van der Waals surface area contributed by atoms with Gasteiger partial charge in [-0.15, -0.1) is 0 Å². The summed E-state index contributed by atoms with van der Waals surface area (Å²) in [4.78, 5) is 6.53. The number of hydrogen-bond donors (Lipinski definition) is 1. The van der Waals surface area contributed by atoms with Crippen molar-refractivity contribution in [3.05, 3.63) is 24.5 Å². The number of rotatable bonds is 1. The minimum absolute atomic E-state index is 0.410. The highest BCUT2D eigenvalue weighted by Crippen LogP contribution is 2.52. The van der Waals surface area contributed by atoms with Crippen molar-refractivity contribution < 1.29 is 0 Å². The Hall–Kier alpha value is -1.16. The fourth-order valence-corrected chi connectivity index (χ4v) is 4.66. The normalized spacial score (nSPS) is 31.1. The van der Waals surface area contributed by atoms with Crippen LogP contribution in [0.3, 0.4) is 0 Å². The Bertz CT molecular complexity index is 514. The van der Waals surface area contributed by atoms with E-state index in [0.717, 1.165) is 17.3 Å². The fraction of sp³-hybridized carbons (Fsp3) is 0.625. The fourth-order valence-electron chi connectivity index (χ4n) is 4.33. The Kier molecular flexibility index (Phi) is 3.24. The first kappa shape index (κ1) is 13.8. The van der Waals surface area contributed by atoms with Gasteiger partial charge in [-0.1, -0.05) is 20.8 Å². The molecule has 1 N–H and O–H groups in total. The molecule has 1 aliphatic heterocycles. The van der Waals surface area contributed by atoms with E-state index in [2.05, 4.69) is 36.0 Å².